The van der Waals surface area contributed by atoms with Crippen LogP contribution in [-0.2, 0) is 0 Å². The van der Waals surface area contributed by atoms with E-state index in [9.17, 15) is 4.79 Å². The van der Waals surface area contributed by atoms with E-state index in [1.165, 1.54) is 0 Å². The minimum atomic E-state index is -0.0104. The Morgan fingerprint density at radius 1 is 1.09 bits per heavy atom. The maximum absolute atomic E-state index is 12.3. The van der Waals surface area contributed by atoms with Gasteiger partial charge in [-0.3, -0.25) is 14.2 Å². The highest BCUT2D eigenvalue weighted by molar-refractivity contribution is 5.95. The summed E-state index contributed by atoms with van der Waals surface area (Å²) in [5.74, 6) is 0.753. The molecule has 3 aromatic heterocycles. The van der Waals surface area contributed by atoms with Gasteiger partial charge in [-0.1, -0.05) is 25.5 Å². The lowest BCUT2D eigenvalue weighted by molar-refractivity contribution is 0.0951. The Kier molecular flexibility index (Phi) is 5.54. The van der Waals surface area contributed by atoms with Gasteiger partial charge in [0.1, 0.15) is 0 Å². The van der Waals surface area contributed by atoms with Gasteiger partial charge in [-0.05, 0) is 43.5 Å². The molecule has 32 heavy (non-hydrogen) atoms. The Bertz CT molecular complexity index is 1230. The van der Waals surface area contributed by atoms with E-state index in [-0.39, 0.29) is 5.91 Å². The molecule has 0 radical (unpaired) electrons. The molecule has 7 heteroatoms. The van der Waals surface area contributed by atoms with Crippen molar-refractivity contribution in [1.82, 2.24) is 24.7 Å². The van der Waals surface area contributed by atoms with Crippen LogP contribution in [-0.4, -0.2) is 37.8 Å². The van der Waals surface area contributed by atoms with Crippen molar-refractivity contribution >= 4 is 17.4 Å². The molecule has 1 aromatic carbocycles. The number of hydrogen-bond donors (Lipinski definition) is 2. The molecule has 4 aromatic rings. The van der Waals surface area contributed by atoms with Gasteiger partial charge in [-0.25, -0.2) is 9.97 Å². The molecule has 0 spiro atoms. The van der Waals surface area contributed by atoms with Crippen LogP contribution in [0.4, 0.5) is 5.82 Å². The van der Waals surface area contributed by atoms with Gasteiger partial charge >= 0.3 is 0 Å². The molecule has 1 saturated carbocycles. The average molecular weight is 427 g/mol. The van der Waals surface area contributed by atoms with Crippen LogP contribution in [0.25, 0.3) is 28.2 Å². The van der Waals surface area contributed by atoms with Crippen molar-refractivity contribution in [3.63, 3.8) is 0 Å². The van der Waals surface area contributed by atoms with Crippen molar-refractivity contribution in [3.8, 4) is 22.5 Å². The number of amides is 1. The van der Waals surface area contributed by atoms with Crippen molar-refractivity contribution in [2.45, 2.75) is 38.6 Å². The molecule has 0 saturated heterocycles. The lowest BCUT2D eigenvalue weighted by Gasteiger charge is -2.11. The van der Waals surface area contributed by atoms with Gasteiger partial charge in [0.2, 0.25) is 0 Å². The standard InChI is InChI=1S/C25H26N6O/c1-2-3-12-27-23-24-28-15-22(31(24)16-21(30-23)17-10-13-26-14-11-17)18-4-6-19(7-5-18)25(32)29-20-8-9-20/h4-7,10-11,13-16,20H,2-3,8-9,12H2,1H3,(H,27,30)(H,29,32). The van der Waals surface area contributed by atoms with E-state index >= 15 is 0 Å². The summed E-state index contributed by atoms with van der Waals surface area (Å²) < 4.78 is 2.07. The number of aromatic nitrogens is 4. The number of fused-ring (bicyclic) bond motifs is 1. The first-order chi connectivity index (χ1) is 15.7. The number of carbonyl (C=O) groups is 1. The van der Waals surface area contributed by atoms with Gasteiger partial charge in [0.05, 0.1) is 17.6 Å². The summed E-state index contributed by atoms with van der Waals surface area (Å²) >= 11 is 0. The fourth-order valence-electron chi connectivity index (χ4n) is 3.65. The first kappa shape index (κ1) is 20.2. The Morgan fingerprint density at radius 3 is 2.59 bits per heavy atom. The van der Waals surface area contributed by atoms with Crippen LogP contribution >= 0.6 is 0 Å². The number of hydrogen-bond acceptors (Lipinski definition) is 5. The number of benzene rings is 1. The van der Waals surface area contributed by atoms with Gasteiger partial charge in [0, 0.05) is 47.9 Å². The predicted molar refractivity (Wildman–Crippen MR) is 126 cm³/mol. The smallest absolute Gasteiger partial charge is 0.251 e. The number of nitrogens with zero attached hydrogens (tertiary/aromatic N) is 4. The molecular weight excluding hydrogens is 400 g/mol. The first-order valence-electron chi connectivity index (χ1n) is 11.2. The number of unbranched alkanes of at least 4 members (excludes halogenated alkanes) is 1. The highest BCUT2D eigenvalue weighted by Crippen LogP contribution is 2.28. The van der Waals surface area contributed by atoms with E-state index in [0.29, 0.717) is 11.6 Å². The van der Waals surface area contributed by atoms with Crippen molar-refractivity contribution in [1.29, 1.82) is 0 Å². The predicted octanol–water partition coefficient (Wildman–Crippen LogP) is 4.56. The molecule has 2 N–H and O–H groups in total. The van der Waals surface area contributed by atoms with E-state index in [4.69, 9.17) is 4.98 Å². The SMILES string of the molecule is CCCCNc1nc(-c2ccncc2)cn2c(-c3ccc(C(=O)NC4CC4)cc3)cnc12. The zero-order valence-corrected chi connectivity index (χ0v) is 18.1. The third-order valence-electron chi connectivity index (χ3n) is 5.65. The molecule has 0 aliphatic heterocycles. The number of pyridine rings is 1. The molecule has 162 valence electrons. The minimum absolute atomic E-state index is 0.0104. The van der Waals surface area contributed by atoms with E-state index in [1.807, 2.05) is 48.8 Å². The van der Waals surface area contributed by atoms with E-state index in [0.717, 1.165) is 66.2 Å². The molecule has 0 bridgehead atoms. The van der Waals surface area contributed by atoms with Crippen molar-refractivity contribution < 1.29 is 4.79 Å². The highest BCUT2D eigenvalue weighted by Gasteiger charge is 2.23. The number of rotatable bonds is 8. The highest BCUT2D eigenvalue weighted by atomic mass is 16.1. The Hall–Kier alpha value is -3.74. The fraction of sp³-hybridized carbons (Fsp3) is 0.280. The van der Waals surface area contributed by atoms with Crippen LogP contribution in [0.1, 0.15) is 43.0 Å². The molecule has 1 amide bonds. The molecular formula is C25H26N6O. The quantitative estimate of drug-likeness (QED) is 0.404. The largest absolute Gasteiger partial charge is 0.367 e. The summed E-state index contributed by atoms with van der Waals surface area (Å²) in [5, 5.41) is 6.48. The molecule has 1 aliphatic rings. The second-order valence-corrected chi connectivity index (χ2v) is 8.15. The van der Waals surface area contributed by atoms with Crippen LogP contribution in [0.15, 0.2) is 61.2 Å². The topological polar surface area (TPSA) is 84.2 Å². The van der Waals surface area contributed by atoms with Gasteiger partial charge in [0.25, 0.3) is 5.91 Å². The van der Waals surface area contributed by atoms with Gasteiger partial charge in [0.15, 0.2) is 11.5 Å². The third-order valence-corrected chi connectivity index (χ3v) is 5.65. The van der Waals surface area contributed by atoms with Gasteiger partial charge in [-0.2, -0.15) is 0 Å². The molecule has 1 fully saturated rings. The summed E-state index contributed by atoms with van der Waals surface area (Å²) in [5.41, 5.74) is 5.24. The van der Waals surface area contributed by atoms with Crippen molar-refractivity contribution in [2.75, 3.05) is 11.9 Å². The van der Waals surface area contributed by atoms with Crippen LogP contribution in [0.3, 0.4) is 0 Å². The second kappa shape index (κ2) is 8.78. The van der Waals surface area contributed by atoms with Crippen LogP contribution in [0.2, 0.25) is 0 Å². The Morgan fingerprint density at radius 2 is 1.88 bits per heavy atom. The second-order valence-electron chi connectivity index (χ2n) is 8.15. The first-order valence-corrected chi connectivity index (χ1v) is 11.2. The zero-order valence-electron chi connectivity index (χ0n) is 18.1. The summed E-state index contributed by atoms with van der Waals surface area (Å²) in [6, 6.07) is 11.9. The normalized spacial score (nSPS) is 13.3. The minimum Gasteiger partial charge on any atom is -0.367 e. The average Bonchev–Trinajstić information content (AvgIpc) is 3.54. The molecule has 3 heterocycles. The van der Waals surface area contributed by atoms with Crippen LogP contribution in [0.5, 0.6) is 0 Å². The molecule has 0 unspecified atom stereocenters. The lowest BCUT2D eigenvalue weighted by Crippen LogP contribution is -2.25. The van der Waals surface area contributed by atoms with Crippen LogP contribution < -0.4 is 10.6 Å². The number of imidazole rings is 1. The summed E-state index contributed by atoms with van der Waals surface area (Å²) in [7, 11) is 0. The maximum Gasteiger partial charge on any atom is 0.251 e. The lowest BCUT2D eigenvalue weighted by atomic mass is 10.1. The summed E-state index contributed by atoms with van der Waals surface area (Å²) in [6.45, 7) is 3.01. The maximum atomic E-state index is 12.3. The summed E-state index contributed by atoms with van der Waals surface area (Å²) in [6.07, 6.45) is 11.7. The molecule has 0 atom stereocenters. The van der Waals surface area contributed by atoms with Gasteiger partial charge in [-0.15, -0.1) is 0 Å². The van der Waals surface area contributed by atoms with Gasteiger partial charge < -0.3 is 10.6 Å². The monoisotopic (exact) mass is 426 g/mol. The van der Waals surface area contributed by atoms with Crippen molar-refractivity contribution in [3.05, 3.63) is 66.7 Å². The number of carbonyl (C=O) groups excluding carboxylic acids is 1. The fourth-order valence-corrected chi connectivity index (χ4v) is 3.65. The molecule has 5 rings (SSSR count). The molecule has 1 aliphatic carbocycles. The van der Waals surface area contributed by atoms with Crippen molar-refractivity contribution in [2.24, 2.45) is 0 Å². The third kappa shape index (κ3) is 4.19. The Balaban J connectivity index is 1.53. The zero-order chi connectivity index (χ0) is 21.9. The van der Waals surface area contributed by atoms with E-state index < -0.39 is 0 Å². The molecule has 7 nitrogen and oxygen atoms in total. The Labute approximate surface area is 186 Å². The number of anilines is 1. The van der Waals surface area contributed by atoms with E-state index in [2.05, 4.69) is 31.9 Å². The van der Waals surface area contributed by atoms with Crippen LogP contribution in [0, 0.1) is 0 Å². The van der Waals surface area contributed by atoms with E-state index in [1.54, 1.807) is 12.4 Å². The summed E-state index contributed by atoms with van der Waals surface area (Å²) in [4.78, 5) is 26.0. The number of nitrogens with one attached hydrogen (secondary N) is 2.